The number of carbonyl (C=O) groups is 1. The average molecular weight is 394 g/mol. The van der Waals surface area contributed by atoms with Gasteiger partial charge in [-0.2, -0.15) is 0 Å². The third-order valence-corrected chi connectivity index (χ3v) is 3.99. The van der Waals surface area contributed by atoms with Gasteiger partial charge in [0, 0.05) is 11.8 Å². The Kier molecular flexibility index (Phi) is 6.47. The lowest BCUT2D eigenvalue weighted by Gasteiger charge is -2.12. The minimum atomic E-state index is -0.352. The number of ether oxygens (including phenoxy) is 3. The van der Waals surface area contributed by atoms with E-state index in [0.29, 0.717) is 35.3 Å². The normalized spacial score (nSPS) is 10.2. The number of hydrogen-bond donors (Lipinski definition) is 2. The number of methoxy groups -OCH3 is 2. The average Bonchev–Trinajstić information content (AvgIpc) is 2.76. The maximum atomic E-state index is 12.4. The molecule has 8 nitrogen and oxygen atoms in total. The Morgan fingerprint density at radius 1 is 0.931 bits per heavy atom. The number of amides is 1. The van der Waals surface area contributed by atoms with Crippen molar-refractivity contribution in [3.05, 3.63) is 60.3 Å². The van der Waals surface area contributed by atoms with Gasteiger partial charge in [0.25, 0.3) is 5.91 Å². The minimum Gasteiger partial charge on any atom is -0.497 e. The Morgan fingerprint density at radius 2 is 1.69 bits per heavy atom. The summed E-state index contributed by atoms with van der Waals surface area (Å²) in [5.41, 5.74) is 1.55. The van der Waals surface area contributed by atoms with E-state index in [9.17, 15) is 4.79 Å². The van der Waals surface area contributed by atoms with E-state index >= 15 is 0 Å². The van der Waals surface area contributed by atoms with Gasteiger partial charge in [-0.15, -0.1) is 10.2 Å². The summed E-state index contributed by atoms with van der Waals surface area (Å²) in [6.45, 7) is 2.50. The third-order valence-electron chi connectivity index (χ3n) is 3.99. The molecule has 29 heavy (non-hydrogen) atoms. The molecule has 3 aromatic rings. The van der Waals surface area contributed by atoms with Crippen molar-refractivity contribution in [1.82, 2.24) is 10.2 Å². The summed E-state index contributed by atoms with van der Waals surface area (Å²) in [7, 11) is 3.16. The fourth-order valence-electron chi connectivity index (χ4n) is 2.56. The van der Waals surface area contributed by atoms with Crippen LogP contribution in [-0.2, 0) is 0 Å². The molecule has 2 aromatic carbocycles. The highest BCUT2D eigenvalue weighted by Gasteiger charge is 2.11. The van der Waals surface area contributed by atoms with E-state index in [2.05, 4.69) is 20.8 Å². The predicted octanol–water partition coefficient (Wildman–Crippen LogP) is 3.89. The third kappa shape index (κ3) is 5.13. The molecule has 1 aromatic heterocycles. The highest BCUT2D eigenvalue weighted by Crippen LogP contribution is 2.30. The molecule has 0 aliphatic heterocycles. The molecule has 8 heteroatoms. The van der Waals surface area contributed by atoms with Crippen molar-refractivity contribution in [2.24, 2.45) is 0 Å². The molecule has 0 aliphatic rings. The summed E-state index contributed by atoms with van der Waals surface area (Å²) in [5, 5.41) is 13.9. The smallest absolute Gasteiger partial charge is 0.276 e. The van der Waals surface area contributed by atoms with Crippen LogP contribution in [0.3, 0.4) is 0 Å². The van der Waals surface area contributed by atoms with Gasteiger partial charge < -0.3 is 24.8 Å². The maximum absolute atomic E-state index is 12.4. The van der Waals surface area contributed by atoms with Gasteiger partial charge >= 0.3 is 0 Å². The SMILES string of the molecule is CCOc1ccc(NC(=O)c2ccc(Nc3ccc(OC)cc3OC)nn2)cc1. The fourth-order valence-corrected chi connectivity index (χ4v) is 2.56. The van der Waals surface area contributed by atoms with Crippen LogP contribution in [0.1, 0.15) is 17.4 Å². The van der Waals surface area contributed by atoms with Gasteiger partial charge in [-0.25, -0.2) is 0 Å². The monoisotopic (exact) mass is 394 g/mol. The summed E-state index contributed by atoms with van der Waals surface area (Å²) in [5.74, 6) is 2.15. The van der Waals surface area contributed by atoms with Crippen molar-refractivity contribution in [2.75, 3.05) is 31.5 Å². The fraction of sp³-hybridized carbons (Fsp3) is 0.190. The van der Waals surface area contributed by atoms with Gasteiger partial charge in [-0.3, -0.25) is 4.79 Å². The first-order chi connectivity index (χ1) is 14.1. The Labute approximate surface area is 168 Å². The lowest BCUT2D eigenvalue weighted by molar-refractivity contribution is 0.102. The Hall–Kier alpha value is -3.81. The Morgan fingerprint density at radius 3 is 2.31 bits per heavy atom. The summed E-state index contributed by atoms with van der Waals surface area (Å²) in [4.78, 5) is 12.4. The van der Waals surface area contributed by atoms with E-state index in [0.717, 1.165) is 5.75 Å². The molecule has 3 rings (SSSR count). The zero-order valence-electron chi connectivity index (χ0n) is 16.4. The number of nitrogens with zero attached hydrogens (tertiary/aromatic N) is 2. The molecule has 0 radical (unpaired) electrons. The summed E-state index contributed by atoms with van der Waals surface area (Å²) >= 11 is 0. The Bertz CT molecular complexity index is 959. The van der Waals surface area contributed by atoms with Crippen molar-refractivity contribution in [2.45, 2.75) is 6.92 Å². The number of nitrogens with one attached hydrogen (secondary N) is 2. The van der Waals surface area contributed by atoms with E-state index in [1.807, 2.05) is 13.0 Å². The molecule has 0 fully saturated rings. The van der Waals surface area contributed by atoms with E-state index in [-0.39, 0.29) is 11.6 Å². The number of hydrogen-bond acceptors (Lipinski definition) is 7. The van der Waals surface area contributed by atoms with E-state index in [1.54, 1.807) is 62.8 Å². The highest BCUT2D eigenvalue weighted by atomic mass is 16.5. The molecule has 2 N–H and O–H groups in total. The summed E-state index contributed by atoms with van der Waals surface area (Å²) < 4.78 is 15.9. The predicted molar refractivity (Wildman–Crippen MR) is 110 cm³/mol. The maximum Gasteiger partial charge on any atom is 0.276 e. The number of rotatable bonds is 8. The lowest BCUT2D eigenvalue weighted by atomic mass is 10.2. The van der Waals surface area contributed by atoms with Crippen LogP contribution in [-0.4, -0.2) is 36.9 Å². The first kappa shape index (κ1) is 19.9. The minimum absolute atomic E-state index is 0.200. The zero-order valence-corrected chi connectivity index (χ0v) is 16.4. The van der Waals surface area contributed by atoms with Crippen LogP contribution in [0.5, 0.6) is 17.2 Å². The second-order valence-corrected chi connectivity index (χ2v) is 5.91. The molecule has 1 heterocycles. The highest BCUT2D eigenvalue weighted by molar-refractivity contribution is 6.02. The number of aromatic nitrogens is 2. The van der Waals surface area contributed by atoms with Gasteiger partial charge in [0.05, 0.1) is 26.5 Å². The lowest BCUT2D eigenvalue weighted by Crippen LogP contribution is -2.14. The number of benzene rings is 2. The quantitative estimate of drug-likeness (QED) is 0.598. The number of carbonyl (C=O) groups excluding carboxylic acids is 1. The molecule has 0 saturated carbocycles. The van der Waals surface area contributed by atoms with Crippen LogP contribution in [0.2, 0.25) is 0 Å². The van der Waals surface area contributed by atoms with Crippen LogP contribution in [0, 0.1) is 0 Å². The van der Waals surface area contributed by atoms with Crippen LogP contribution in [0.15, 0.2) is 54.6 Å². The van der Waals surface area contributed by atoms with Gasteiger partial charge in [0.15, 0.2) is 11.5 Å². The van der Waals surface area contributed by atoms with Gasteiger partial charge in [-0.1, -0.05) is 0 Å². The van der Waals surface area contributed by atoms with E-state index in [1.165, 1.54) is 0 Å². The molecule has 0 spiro atoms. The molecular weight excluding hydrogens is 372 g/mol. The molecule has 0 aliphatic carbocycles. The van der Waals surface area contributed by atoms with Crippen molar-refractivity contribution >= 4 is 23.1 Å². The second kappa shape index (κ2) is 9.41. The van der Waals surface area contributed by atoms with Crippen LogP contribution >= 0.6 is 0 Å². The van der Waals surface area contributed by atoms with E-state index < -0.39 is 0 Å². The topological polar surface area (TPSA) is 94.6 Å². The van der Waals surface area contributed by atoms with Crippen molar-refractivity contribution in [1.29, 1.82) is 0 Å². The van der Waals surface area contributed by atoms with Crippen LogP contribution in [0.25, 0.3) is 0 Å². The standard InChI is InChI=1S/C21H22N4O4/c1-4-29-15-7-5-14(6-8-15)22-21(26)18-11-12-20(25-24-18)23-17-10-9-16(27-2)13-19(17)28-3/h5-13H,4H2,1-3H3,(H,22,26)(H,23,25). The first-order valence-electron chi connectivity index (χ1n) is 9.00. The Balaban J connectivity index is 1.66. The summed E-state index contributed by atoms with van der Waals surface area (Å²) in [6.07, 6.45) is 0. The molecule has 1 amide bonds. The van der Waals surface area contributed by atoms with Gasteiger partial charge in [-0.05, 0) is 55.5 Å². The van der Waals surface area contributed by atoms with Crippen molar-refractivity contribution < 1.29 is 19.0 Å². The van der Waals surface area contributed by atoms with Gasteiger partial charge in [0.1, 0.15) is 17.2 Å². The van der Waals surface area contributed by atoms with Crippen molar-refractivity contribution in [3.63, 3.8) is 0 Å². The molecule has 0 bridgehead atoms. The summed E-state index contributed by atoms with van der Waals surface area (Å²) in [6, 6.07) is 15.8. The van der Waals surface area contributed by atoms with E-state index in [4.69, 9.17) is 14.2 Å². The number of anilines is 3. The molecule has 0 unspecified atom stereocenters. The second-order valence-electron chi connectivity index (χ2n) is 5.91. The molecular formula is C21H22N4O4. The first-order valence-corrected chi connectivity index (χ1v) is 9.00. The molecule has 0 saturated heterocycles. The molecule has 0 atom stereocenters. The molecule has 150 valence electrons. The van der Waals surface area contributed by atoms with Crippen LogP contribution in [0.4, 0.5) is 17.2 Å². The van der Waals surface area contributed by atoms with Crippen molar-refractivity contribution in [3.8, 4) is 17.2 Å². The van der Waals surface area contributed by atoms with Crippen LogP contribution < -0.4 is 24.8 Å². The largest absolute Gasteiger partial charge is 0.497 e. The zero-order chi connectivity index (χ0) is 20.6. The van der Waals surface area contributed by atoms with Gasteiger partial charge in [0.2, 0.25) is 0 Å².